The van der Waals surface area contributed by atoms with Crippen molar-refractivity contribution in [2.24, 2.45) is 5.41 Å². The van der Waals surface area contributed by atoms with Gasteiger partial charge in [0.1, 0.15) is 5.69 Å². The van der Waals surface area contributed by atoms with Crippen molar-refractivity contribution in [1.82, 2.24) is 0 Å². The largest absolute Gasteiger partial charge is 0.399 e. The van der Waals surface area contributed by atoms with E-state index in [1.807, 2.05) is 13.8 Å². The molecule has 0 saturated carbocycles. The molecule has 5 heteroatoms. The molecule has 3 nitrogen and oxygen atoms in total. The van der Waals surface area contributed by atoms with Crippen LogP contribution in [0.4, 0.5) is 20.2 Å². The van der Waals surface area contributed by atoms with E-state index in [1.54, 1.807) is 7.11 Å². The minimum absolute atomic E-state index is 0.0780. The number of ether oxygens (including phenoxy) is 1. The van der Waals surface area contributed by atoms with E-state index in [4.69, 9.17) is 10.5 Å². The number of halogens is 2. The van der Waals surface area contributed by atoms with Gasteiger partial charge in [-0.1, -0.05) is 13.8 Å². The van der Waals surface area contributed by atoms with Gasteiger partial charge < -0.3 is 15.8 Å². The lowest BCUT2D eigenvalue weighted by atomic mass is 9.89. The third-order valence-corrected chi connectivity index (χ3v) is 2.79. The summed E-state index contributed by atoms with van der Waals surface area (Å²) in [4.78, 5) is 0. The van der Waals surface area contributed by atoms with Crippen LogP contribution in [0.25, 0.3) is 0 Å². The molecule has 1 rings (SSSR count). The van der Waals surface area contributed by atoms with Crippen LogP contribution in [0, 0.1) is 17.0 Å². The van der Waals surface area contributed by atoms with Crippen molar-refractivity contribution >= 4 is 11.4 Å². The molecule has 0 aliphatic rings. The molecule has 1 aromatic rings. The summed E-state index contributed by atoms with van der Waals surface area (Å²) in [5.41, 5.74) is 5.18. The van der Waals surface area contributed by atoms with Crippen LogP contribution in [0.5, 0.6) is 0 Å². The average Bonchev–Trinajstić information content (AvgIpc) is 2.24. The van der Waals surface area contributed by atoms with E-state index in [0.29, 0.717) is 13.2 Å². The first kappa shape index (κ1) is 14.7. The van der Waals surface area contributed by atoms with Gasteiger partial charge in [0.25, 0.3) is 0 Å². The molecule has 18 heavy (non-hydrogen) atoms. The molecule has 0 atom stereocenters. The van der Waals surface area contributed by atoms with Gasteiger partial charge >= 0.3 is 0 Å². The van der Waals surface area contributed by atoms with E-state index in [1.165, 1.54) is 0 Å². The van der Waals surface area contributed by atoms with Crippen LogP contribution < -0.4 is 11.1 Å². The summed E-state index contributed by atoms with van der Waals surface area (Å²) in [5, 5.41) is 2.80. The third-order valence-electron chi connectivity index (χ3n) is 2.79. The summed E-state index contributed by atoms with van der Waals surface area (Å²) < 4.78 is 32.1. The quantitative estimate of drug-likeness (QED) is 0.771. The second-order valence-corrected chi connectivity index (χ2v) is 5.12. The summed E-state index contributed by atoms with van der Waals surface area (Å²) in [5.74, 6) is -1.34. The molecule has 0 fully saturated rings. The number of anilines is 2. The Labute approximate surface area is 106 Å². The van der Waals surface area contributed by atoms with Crippen molar-refractivity contribution in [3.63, 3.8) is 0 Å². The molecule has 0 spiro atoms. The Morgan fingerprint density at radius 3 is 2.33 bits per heavy atom. The van der Waals surface area contributed by atoms with Crippen molar-refractivity contribution in [2.75, 3.05) is 31.3 Å². The van der Waals surface area contributed by atoms with Crippen LogP contribution in [0.3, 0.4) is 0 Å². The highest BCUT2D eigenvalue weighted by molar-refractivity contribution is 5.54. The number of methoxy groups -OCH3 is 1. The second kappa shape index (κ2) is 6.00. The Morgan fingerprint density at radius 1 is 1.28 bits per heavy atom. The van der Waals surface area contributed by atoms with Gasteiger partial charge in [0.15, 0.2) is 11.6 Å². The normalized spacial score (nSPS) is 11.6. The number of hydrogen-bond acceptors (Lipinski definition) is 3. The fourth-order valence-corrected chi connectivity index (χ4v) is 1.56. The van der Waals surface area contributed by atoms with Crippen LogP contribution in [0.1, 0.15) is 20.3 Å². The summed E-state index contributed by atoms with van der Waals surface area (Å²) in [6.45, 7) is 5.08. The van der Waals surface area contributed by atoms with Gasteiger partial charge in [-0.15, -0.1) is 0 Å². The Bertz CT molecular complexity index is 385. The van der Waals surface area contributed by atoms with Crippen molar-refractivity contribution in [1.29, 1.82) is 0 Å². The number of hydrogen-bond donors (Lipinski definition) is 2. The lowest BCUT2D eigenvalue weighted by molar-refractivity contribution is 0.157. The fourth-order valence-electron chi connectivity index (χ4n) is 1.56. The molecule has 0 unspecified atom stereocenters. The van der Waals surface area contributed by atoms with Crippen LogP contribution in [-0.4, -0.2) is 20.3 Å². The number of nitrogen functional groups attached to an aromatic ring is 1. The van der Waals surface area contributed by atoms with Crippen LogP contribution >= 0.6 is 0 Å². The minimum atomic E-state index is -0.671. The molecular weight excluding hydrogens is 238 g/mol. The zero-order valence-electron chi connectivity index (χ0n) is 11.0. The lowest BCUT2D eigenvalue weighted by Crippen LogP contribution is -2.25. The molecule has 0 amide bonds. The summed E-state index contributed by atoms with van der Waals surface area (Å²) in [7, 11) is 1.63. The Balaban J connectivity index is 2.69. The molecule has 0 heterocycles. The van der Waals surface area contributed by atoms with Crippen molar-refractivity contribution in [3.8, 4) is 0 Å². The SMILES string of the molecule is COCCC(C)(C)CNc1c(F)cc(N)cc1F. The zero-order valence-corrected chi connectivity index (χ0v) is 11.0. The third kappa shape index (κ3) is 4.14. The van der Waals surface area contributed by atoms with Gasteiger partial charge in [-0.3, -0.25) is 0 Å². The van der Waals surface area contributed by atoms with Crippen molar-refractivity contribution in [3.05, 3.63) is 23.8 Å². The summed E-state index contributed by atoms with van der Waals surface area (Å²) in [6.07, 6.45) is 0.800. The smallest absolute Gasteiger partial charge is 0.151 e. The molecule has 0 aliphatic carbocycles. The van der Waals surface area contributed by atoms with E-state index >= 15 is 0 Å². The van der Waals surface area contributed by atoms with Gasteiger partial charge in [-0.05, 0) is 24.0 Å². The standard InChI is InChI=1S/C13H20F2N2O/c1-13(2,4-5-18-3)8-17-12-10(14)6-9(16)7-11(12)15/h6-7,17H,4-5,8,16H2,1-3H3. The van der Waals surface area contributed by atoms with Gasteiger partial charge in [0.05, 0.1) is 0 Å². The number of rotatable bonds is 6. The maximum atomic E-state index is 13.5. The topological polar surface area (TPSA) is 47.3 Å². The Hall–Kier alpha value is -1.36. The van der Waals surface area contributed by atoms with E-state index < -0.39 is 11.6 Å². The molecule has 0 bridgehead atoms. The molecule has 0 saturated heterocycles. The van der Waals surface area contributed by atoms with Gasteiger partial charge in [-0.2, -0.15) is 0 Å². The zero-order chi connectivity index (χ0) is 13.8. The maximum Gasteiger partial charge on any atom is 0.151 e. The van der Waals surface area contributed by atoms with Crippen LogP contribution in [0.2, 0.25) is 0 Å². The fraction of sp³-hybridized carbons (Fsp3) is 0.538. The van der Waals surface area contributed by atoms with Crippen molar-refractivity contribution < 1.29 is 13.5 Å². The van der Waals surface area contributed by atoms with Gasteiger partial charge in [0, 0.05) is 25.9 Å². The highest BCUT2D eigenvalue weighted by Crippen LogP contribution is 2.25. The first-order valence-electron chi connectivity index (χ1n) is 5.83. The highest BCUT2D eigenvalue weighted by Gasteiger charge is 2.19. The Kier molecular flexibility index (Phi) is 4.90. The van der Waals surface area contributed by atoms with E-state index in [-0.39, 0.29) is 16.8 Å². The molecule has 3 N–H and O–H groups in total. The highest BCUT2D eigenvalue weighted by atomic mass is 19.1. The second-order valence-electron chi connectivity index (χ2n) is 5.12. The monoisotopic (exact) mass is 258 g/mol. The van der Waals surface area contributed by atoms with Gasteiger partial charge in [0.2, 0.25) is 0 Å². The first-order chi connectivity index (χ1) is 8.35. The maximum absolute atomic E-state index is 13.5. The van der Waals surface area contributed by atoms with E-state index in [9.17, 15) is 8.78 Å². The van der Waals surface area contributed by atoms with E-state index in [2.05, 4.69) is 5.32 Å². The predicted molar refractivity (Wildman–Crippen MR) is 69.5 cm³/mol. The van der Waals surface area contributed by atoms with E-state index in [0.717, 1.165) is 18.6 Å². The molecule has 0 radical (unpaired) electrons. The average molecular weight is 258 g/mol. The molecular formula is C13H20F2N2O. The lowest BCUT2D eigenvalue weighted by Gasteiger charge is -2.25. The van der Waals surface area contributed by atoms with Crippen molar-refractivity contribution in [2.45, 2.75) is 20.3 Å². The van der Waals surface area contributed by atoms with Gasteiger partial charge in [-0.25, -0.2) is 8.78 Å². The predicted octanol–water partition coefficient (Wildman–Crippen LogP) is 3.02. The summed E-state index contributed by atoms with van der Waals surface area (Å²) >= 11 is 0. The number of nitrogens with two attached hydrogens (primary N) is 1. The molecule has 102 valence electrons. The first-order valence-corrected chi connectivity index (χ1v) is 5.83. The molecule has 1 aromatic carbocycles. The minimum Gasteiger partial charge on any atom is -0.399 e. The molecule has 0 aliphatic heterocycles. The number of nitrogens with one attached hydrogen (secondary N) is 1. The Morgan fingerprint density at radius 2 is 1.83 bits per heavy atom. The number of benzene rings is 1. The summed E-state index contributed by atoms with van der Waals surface area (Å²) in [6, 6.07) is 2.21. The van der Waals surface area contributed by atoms with Crippen LogP contribution in [0.15, 0.2) is 12.1 Å². The van der Waals surface area contributed by atoms with Crippen LogP contribution in [-0.2, 0) is 4.74 Å². The molecule has 0 aromatic heterocycles.